The summed E-state index contributed by atoms with van der Waals surface area (Å²) in [6.45, 7) is 15.5. The molecular weight excluding hydrogens is 460 g/mol. The van der Waals surface area contributed by atoms with Gasteiger partial charge in [-0.1, -0.05) is 48.5 Å². The van der Waals surface area contributed by atoms with E-state index in [0.29, 0.717) is 0 Å². The molecular formula is C25H42O10. The lowest BCUT2D eigenvalue weighted by atomic mass is 9.78. The first-order chi connectivity index (χ1) is 16.0. The van der Waals surface area contributed by atoms with E-state index >= 15 is 0 Å². The summed E-state index contributed by atoms with van der Waals surface area (Å²) in [5.74, 6) is -3.84. The van der Waals surface area contributed by atoms with Crippen LogP contribution in [0.5, 0.6) is 0 Å². The van der Waals surface area contributed by atoms with Gasteiger partial charge in [-0.25, -0.2) is 0 Å². The molecule has 10 nitrogen and oxygen atoms in total. The van der Waals surface area contributed by atoms with Gasteiger partial charge < -0.3 is 23.7 Å². The zero-order chi connectivity index (χ0) is 27.5. The van der Waals surface area contributed by atoms with E-state index in [0.717, 1.165) is 0 Å². The van der Waals surface area contributed by atoms with Crippen molar-refractivity contribution in [1.29, 1.82) is 0 Å². The van der Waals surface area contributed by atoms with Gasteiger partial charge in [0.25, 0.3) is 0 Å². The van der Waals surface area contributed by atoms with Crippen molar-refractivity contribution in [1.82, 2.24) is 0 Å². The molecule has 0 aliphatic rings. The molecule has 0 saturated heterocycles. The Balaban J connectivity index is 6.00. The van der Waals surface area contributed by atoms with Crippen molar-refractivity contribution in [2.24, 2.45) is 23.2 Å². The highest BCUT2D eigenvalue weighted by Crippen LogP contribution is 2.34. The highest BCUT2D eigenvalue weighted by Gasteiger charge is 2.41. The molecule has 0 rings (SSSR count). The van der Waals surface area contributed by atoms with Gasteiger partial charge in [-0.05, 0) is 12.3 Å². The molecule has 0 aromatic carbocycles. The molecule has 10 heteroatoms. The molecule has 202 valence electrons. The van der Waals surface area contributed by atoms with Gasteiger partial charge in [0.05, 0.1) is 18.4 Å². The molecule has 0 aliphatic heterocycles. The molecule has 0 aliphatic carbocycles. The van der Waals surface area contributed by atoms with E-state index in [2.05, 4.69) is 0 Å². The van der Waals surface area contributed by atoms with Gasteiger partial charge in [0.15, 0.2) is 6.10 Å². The van der Waals surface area contributed by atoms with E-state index in [1.54, 1.807) is 48.5 Å². The summed E-state index contributed by atoms with van der Waals surface area (Å²) in [4.78, 5) is 59.4. The summed E-state index contributed by atoms with van der Waals surface area (Å²) in [6, 6.07) is 0. The Kier molecular flexibility index (Phi) is 13.6. The lowest BCUT2D eigenvalue weighted by Gasteiger charge is -2.39. The highest BCUT2D eigenvalue weighted by molar-refractivity contribution is 5.72. The maximum atomic E-state index is 12.5. The number of ether oxygens (including phenoxy) is 5. The van der Waals surface area contributed by atoms with E-state index in [4.69, 9.17) is 23.7 Å². The van der Waals surface area contributed by atoms with Crippen molar-refractivity contribution in [3.63, 3.8) is 0 Å². The third kappa shape index (κ3) is 12.6. The van der Waals surface area contributed by atoms with Crippen LogP contribution < -0.4 is 0 Å². The molecule has 0 N–H and O–H groups in total. The average molecular weight is 503 g/mol. The van der Waals surface area contributed by atoms with Crippen molar-refractivity contribution < 1.29 is 47.7 Å². The summed E-state index contributed by atoms with van der Waals surface area (Å²) >= 11 is 0. The van der Waals surface area contributed by atoms with Gasteiger partial charge in [0, 0.05) is 26.2 Å². The van der Waals surface area contributed by atoms with Crippen LogP contribution in [0.15, 0.2) is 0 Å². The van der Waals surface area contributed by atoms with Crippen LogP contribution in [0, 0.1) is 23.2 Å². The molecule has 0 heterocycles. The lowest BCUT2D eigenvalue weighted by molar-refractivity contribution is -0.180. The van der Waals surface area contributed by atoms with Crippen LogP contribution in [-0.4, -0.2) is 61.4 Å². The van der Waals surface area contributed by atoms with Gasteiger partial charge >= 0.3 is 29.8 Å². The minimum atomic E-state index is -1.06. The zero-order valence-electron chi connectivity index (χ0n) is 22.7. The first kappa shape index (κ1) is 32.4. The van der Waals surface area contributed by atoms with Crippen LogP contribution in [0.4, 0.5) is 0 Å². The first-order valence-corrected chi connectivity index (χ1v) is 11.8. The zero-order valence-corrected chi connectivity index (χ0v) is 22.7. The Hall–Kier alpha value is -2.65. The quantitative estimate of drug-likeness (QED) is 0.258. The summed E-state index contributed by atoms with van der Waals surface area (Å²) in [7, 11) is 0. The largest absolute Gasteiger partial charge is 0.465 e. The van der Waals surface area contributed by atoms with Crippen molar-refractivity contribution in [2.45, 2.75) is 94.0 Å². The van der Waals surface area contributed by atoms with Crippen LogP contribution in [0.25, 0.3) is 0 Å². The third-order valence-corrected chi connectivity index (χ3v) is 5.16. The smallest absolute Gasteiger partial charge is 0.308 e. The predicted molar refractivity (Wildman–Crippen MR) is 126 cm³/mol. The standard InChI is InChI=1S/C25H42O10/c1-14(2)23(29)32-13-25(9,10)22(35-24(30)15(3)4)16(5)11-20(33-18(7)27)21(34-19(8)28)12-31-17(6)26/h14-16,20-22H,11-13H2,1-10H3. The molecule has 35 heavy (non-hydrogen) atoms. The minimum absolute atomic E-state index is 0.0105. The Morgan fingerprint density at radius 3 is 1.57 bits per heavy atom. The molecule has 0 spiro atoms. The fourth-order valence-electron chi connectivity index (χ4n) is 3.42. The molecule has 0 saturated carbocycles. The van der Waals surface area contributed by atoms with Crippen LogP contribution >= 0.6 is 0 Å². The molecule has 0 aromatic rings. The molecule has 0 radical (unpaired) electrons. The van der Waals surface area contributed by atoms with Crippen molar-refractivity contribution in [2.75, 3.05) is 13.2 Å². The fraction of sp³-hybridized carbons (Fsp3) is 0.800. The number of carbonyl (C=O) groups is 5. The summed E-state index contributed by atoms with van der Waals surface area (Å²) in [5.41, 5.74) is -0.803. The minimum Gasteiger partial charge on any atom is -0.465 e. The van der Waals surface area contributed by atoms with Crippen LogP contribution in [0.2, 0.25) is 0 Å². The normalized spacial score (nSPS) is 15.0. The fourth-order valence-corrected chi connectivity index (χ4v) is 3.42. The highest BCUT2D eigenvalue weighted by atomic mass is 16.6. The Labute approximate surface area is 208 Å². The summed E-state index contributed by atoms with van der Waals surface area (Å²) in [5, 5.41) is 0. The maximum absolute atomic E-state index is 12.5. The second kappa shape index (κ2) is 14.7. The van der Waals surface area contributed by atoms with Gasteiger partial charge in [0.1, 0.15) is 18.8 Å². The molecule has 0 amide bonds. The molecule has 0 bridgehead atoms. The van der Waals surface area contributed by atoms with E-state index in [1.165, 1.54) is 20.8 Å². The van der Waals surface area contributed by atoms with E-state index in [9.17, 15) is 24.0 Å². The van der Waals surface area contributed by atoms with Gasteiger partial charge in [0.2, 0.25) is 0 Å². The van der Waals surface area contributed by atoms with Crippen LogP contribution in [-0.2, 0) is 47.7 Å². The first-order valence-electron chi connectivity index (χ1n) is 11.8. The molecule has 0 aromatic heterocycles. The number of hydrogen-bond acceptors (Lipinski definition) is 10. The third-order valence-electron chi connectivity index (χ3n) is 5.16. The Bertz CT molecular complexity index is 741. The number of rotatable bonds is 14. The summed E-state index contributed by atoms with van der Waals surface area (Å²) in [6.07, 6.45) is -2.69. The second-order valence-electron chi connectivity index (χ2n) is 10.1. The van der Waals surface area contributed by atoms with Gasteiger partial charge in [-0.3, -0.25) is 24.0 Å². The lowest BCUT2D eigenvalue weighted by Crippen LogP contribution is -2.46. The molecule has 4 unspecified atom stereocenters. The van der Waals surface area contributed by atoms with E-state index < -0.39 is 59.4 Å². The maximum Gasteiger partial charge on any atom is 0.308 e. The van der Waals surface area contributed by atoms with Gasteiger partial charge in [-0.15, -0.1) is 0 Å². The molecule has 4 atom stereocenters. The van der Waals surface area contributed by atoms with Crippen LogP contribution in [0.3, 0.4) is 0 Å². The monoisotopic (exact) mass is 502 g/mol. The van der Waals surface area contributed by atoms with Gasteiger partial charge in [-0.2, -0.15) is 0 Å². The SMILES string of the molecule is CC(=O)OCC(OC(C)=O)C(CC(C)C(OC(=O)C(C)C)C(C)(C)COC(=O)C(C)C)OC(C)=O. The van der Waals surface area contributed by atoms with Crippen molar-refractivity contribution >= 4 is 29.8 Å². The topological polar surface area (TPSA) is 132 Å². The molecule has 0 fully saturated rings. The summed E-state index contributed by atoms with van der Waals surface area (Å²) < 4.78 is 27.0. The Morgan fingerprint density at radius 1 is 0.657 bits per heavy atom. The number of hydrogen-bond donors (Lipinski definition) is 0. The number of carbonyl (C=O) groups excluding carboxylic acids is 5. The van der Waals surface area contributed by atoms with E-state index in [-0.39, 0.29) is 31.5 Å². The van der Waals surface area contributed by atoms with E-state index in [1.807, 2.05) is 0 Å². The van der Waals surface area contributed by atoms with Crippen molar-refractivity contribution in [3.8, 4) is 0 Å². The van der Waals surface area contributed by atoms with Crippen LogP contribution in [0.1, 0.15) is 75.7 Å². The Morgan fingerprint density at radius 2 is 1.14 bits per heavy atom. The predicted octanol–water partition coefficient (Wildman–Crippen LogP) is 3.23. The average Bonchev–Trinajstić information content (AvgIpc) is 2.71. The van der Waals surface area contributed by atoms with Crippen molar-refractivity contribution in [3.05, 3.63) is 0 Å². The number of esters is 5. The second-order valence-corrected chi connectivity index (χ2v) is 10.1.